The van der Waals surface area contributed by atoms with Gasteiger partial charge in [0, 0.05) is 24.2 Å². The number of carbonyl (C=O) groups excluding carboxylic acids is 2. The predicted molar refractivity (Wildman–Crippen MR) is 83.8 cm³/mol. The fourth-order valence-electron chi connectivity index (χ4n) is 1.60. The number of nitrogens with one attached hydrogen (secondary N) is 1. The van der Waals surface area contributed by atoms with Gasteiger partial charge in [0.05, 0.1) is 20.2 Å². The van der Waals surface area contributed by atoms with Crippen LogP contribution in [0.3, 0.4) is 0 Å². The SMILES string of the molecule is COc1ccc(Cl)cc1CN(C)C(=O)CNC(=O)CN.Cl. The Bertz CT molecular complexity index is 498. The molecule has 0 aromatic heterocycles. The number of hydrogen-bond acceptors (Lipinski definition) is 4. The summed E-state index contributed by atoms with van der Waals surface area (Å²) in [5.74, 6) is 0.0564. The Balaban J connectivity index is 0.00000400. The first-order valence-electron chi connectivity index (χ1n) is 6.01. The summed E-state index contributed by atoms with van der Waals surface area (Å²) in [6.45, 7) is 0.107. The lowest BCUT2D eigenvalue weighted by Crippen LogP contribution is -2.40. The Hall–Kier alpha value is -1.50. The maximum atomic E-state index is 11.8. The van der Waals surface area contributed by atoms with Crippen LogP contribution in [0.15, 0.2) is 18.2 Å². The zero-order chi connectivity index (χ0) is 15.1. The lowest BCUT2D eigenvalue weighted by Gasteiger charge is -2.19. The van der Waals surface area contributed by atoms with E-state index in [1.165, 1.54) is 4.90 Å². The summed E-state index contributed by atoms with van der Waals surface area (Å²) in [4.78, 5) is 24.3. The molecule has 1 aromatic carbocycles. The first-order valence-corrected chi connectivity index (χ1v) is 6.39. The number of hydrogen-bond donors (Lipinski definition) is 2. The third-order valence-corrected chi connectivity index (χ3v) is 2.93. The molecule has 0 bridgehead atoms. The lowest BCUT2D eigenvalue weighted by molar-refractivity contribution is -0.131. The molecule has 118 valence electrons. The number of nitrogens with zero attached hydrogens (tertiary/aromatic N) is 1. The third-order valence-electron chi connectivity index (χ3n) is 2.70. The third kappa shape index (κ3) is 6.20. The van der Waals surface area contributed by atoms with Gasteiger partial charge < -0.3 is 20.7 Å². The number of likely N-dealkylation sites (N-methyl/N-ethyl adjacent to an activating group) is 1. The van der Waals surface area contributed by atoms with Gasteiger partial charge in [0.1, 0.15) is 5.75 Å². The first-order chi connectivity index (χ1) is 9.47. The molecule has 0 unspecified atom stereocenters. The van der Waals surface area contributed by atoms with Crippen LogP contribution in [0.5, 0.6) is 5.75 Å². The van der Waals surface area contributed by atoms with Crippen molar-refractivity contribution in [3.05, 3.63) is 28.8 Å². The number of benzene rings is 1. The van der Waals surface area contributed by atoms with E-state index in [-0.39, 0.29) is 37.3 Å². The molecule has 0 aliphatic carbocycles. The van der Waals surface area contributed by atoms with Crippen LogP contribution in [0.2, 0.25) is 5.02 Å². The summed E-state index contributed by atoms with van der Waals surface area (Å²) >= 11 is 5.93. The van der Waals surface area contributed by atoms with E-state index in [1.807, 2.05) is 0 Å². The monoisotopic (exact) mass is 335 g/mol. The zero-order valence-corrected chi connectivity index (χ0v) is 13.5. The Kier molecular flexibility index (Phi) is 8.76. The highest BCUT2D eigenvalue weighted by molar-refractivity contribution is 6.30. The van der Waals surface area contributed by atoms with Crippen LogP contribution in [0.4, 0.5) is 0 Å². The van der Waals surface area contributed by atoms with E-state index < -0.39 is 0 Å². The van der Waals surface area contributed by atoms with Gasteiger partial charge >= 0.3 is 0 Å². The molecular weight excluding hydrogens is 317 g/mol. The average molecular weight is 336 g/mol. The number of nitrogens with two attached hydrogens (primary N) is 1. The summed E-state index contributed by atoms with van der Waals surface area (Å²) in [5, 5.41) is 2.99. The first kappa shape index (κ1) is 19.5. The normalized spacial score (nSPS) is 9.52. The van der Waals surface area contributed by atoms with Crippen molar-refractivity contribution in [1.82, 2.24) is 10.2 Å². The molecule has 0 saturated carbocycles. The zero-order valence-electron chi connectivity index (χ0n) is 11.9. The van der Waals surface area contributed by atoms with Gasteiger partial charge in [-0.3, -0.25) is 9.59 Å². The molecule has 1 aromatic rings. The van der Waals surface area contributed by atoms with E-state index >= 15 is 0 Å². The molecule has 1 rings (SSSR count). The number of rotatable bonds is 6. The van der Waals surface area contributed by atoms with Gasteiger partial charge in [0.15, 0.2) is 0 Å². The summed E-state index contributed by atoms with van der Waals surface area (Å²) < 4.78 is 5.21. The van der Waals surface area contributed by atoms with Crippen LogP contribution in [0, 0.1) is 0 Å². The molecule has 0 heterocycles. The van der Waals surface area contributed by atoms with E-state index in [0.29, 0.717) is 17.3 Å². The Morgan fingerprint density at radius 2 is 2.10 bits per heavy atom. The lowest BCUT2D eigenvalue weighted by atomic mass is 10.2. The van der Waals surface area contributed by atoms with E-state index in [0.717, 1.165) is 5.56 Å². The Labute approximate surface area is 135 Å². The van der Waals surface area contributed by atoms with Crippen molar-refractivity contribution in [3.8, 4) is 5.75 Å². The highest BCUT2D eigenvalue weighted by Crippen LogP contribution is 2.23. The molecule has 8 heteroatoms. The quantitative estimate of drug-likeness (QED) is 0.805. The smallest absolute Gasteiger partial charge is 0.242 e. The van der Waals surface area contributed by atoms with Gasteiger partial charge in [-0.1, -0.05) is 11.6 Å². The topological polar surface area (TPSA) is 84.7 Å². The van der Waals surface area contributed by atoms with E-state index in [4.69, 9.17) is 22.1 Å². The molecule has 0 radical (unpaired) electrons. The summed E-state index contributed by atoms with van der Waals surface area (Å²) in [6.07, 6.45) is 0. The van der Waals surface area contributed by atoms with Gasteiger partial charge in [0.25, 0.3) is 0 Å². The van der Waals surface area contributed by atoms with Crippen molar-refractivity contribution in [2.24, 2.45) is 5.73 Å². The molecule has 2 amide bonds. The van der Waals surface area contributed by atoms with Crippen molar-refractivity contribution in [1.29, 1.82) is 0 Å². The van der Waals surface area contributed by atoms with Crippen LogP contribution in [0.1, 0.15) is 5.56 Å². The van der Waals surface area contributed by atoms with Crippen molar-refractivity contribution >= 4 is 35.8 Å². The maximum Gasteiger partial charge on any atom is 0.242 e. The number of ether oxygens (including phenoxy) is 1. The van der Waals surface area contributed by atoms with Gasteiger partial charge in [-0.05, 0) is 18.2 Å². The summed E-state index contributed by atoms with van der Waals surface area (Å²) in [5.41, 5.74) is 5.94. The van der Waals surface area contributed by atoms with Gasteiger partial charge in [-0.25, -0.2) is 0 Å². The van der Waals surface area contributed by atoms with Crippen molar-refractivity contribution in [2.45, 2.75) is 6.54 Å². The second kappa shape index (κ2) is 9.44. The molecule has 21 heavy (non-hydrogen) atoms. The Morgan fingerprint density at radius 3 is 2.67 bits per heavy atom. The van der Waals surface area contributed by atoms with Gasteiger partial charge in [-0.2, -0.15) is 0 Å². The predicted octanol–water partition coefficient (Wildman–Crippen LogP) is 0.804. The number of halogens is 2. The highest BCUT2D eigenvalue weighted by Gasteiger charge is 2.13. The van der Waals surface area contributed by atoms with E-state index in [1.54, 1.807) is 32.4 Å². The summed E-state index contributed by atoms with van der Waals surface area (Å²) in [7, 11) is 3.19. The standard InChI is InChI=1S/C13H18ClN3O3.ClH/c1-17(13(19)7-16-12(18)6-15)8-9-5-10(14)3-4-11(9)20-2;/h3-5H,6-8,15H2,1-2H3,(H,16,18);1H. The molecule has 3 N–H and O–H groups in total. The van der Waals surface area contributed by atoms with Gasteiger partial charge in [0.2, 0.25) is 11.8 Å². The second-order valence-electron chi connectivity index (χ2n) is 4.19. The molecule has 0 atom stereocenters. The van der Waals surface area contributed by atoms with E-state index in [2.05, 4.69) is 5.32 Å². The van der Waals surface area contributed by atoms with E-state index in [9.17, 15) is 9.59 Å². The Morgan fingerprint density at radius 1 is 1.43 bits per heavy atom. The van der Waals surface area contributed by atoms with Crippen molar-refractivity contribution in [3.63, 3.8) is 0 Å². The fourth-order valence-corrected chi connectivity index (χ4v) is 1.79. The molecule has 0 saturated heterocycles. The minimum absolute atomic E-state index is 0. The molecule has 0 fully saturated rings. The summed E-state index contributed by atoms with van der Waals surface area (Å²) in [6, 6.07) is 5.20. The molecule has 0 aliphatic rings. The number of amides is 2. The maximum absolute atomic E-state index is 11.8. The van der Waals surface area contributed by atoms with Crippen LogP contribution >= 0.6 is 24.0 Å². The van der Waals surface area contributed by atoms with Crippen LogP contribution in [-0.2, 0) is 16.1 Å². The minimum Gasteiger partial charge on any atom is -0.496 e. The molecule has 0 spiro atoms. The number of methoxy groups -OCH3 is 1. The van der Waals surface area contributed by atoms with Crippen molar-refractivity contribution in [2.75, 3.05) is 27.2 Å². The minimum atomic E-state index is -0.368. The van der Waals surface area contributed by atoms with Crippen LogP contribution in [-0.4, -0.2) is 44.0 Å². The molecular formula is C13H19Cl2N3O3. The second-order valence-corrected chi connectivity index (χ2v) is 4.62. The van der Waals surface area contributed by atoms with Gasteiger partial charge in [-0.15, -0.1) is 12.4 Å². The van der Waals surface area contributed by atoms with Crippen molar-refractivity contribution < 1.29 is 14.3 Å². The fraction of sp³-hybridized carbons (Fsp3) is 0.385. The largest absolute Gasteiger partial charge is 0.496 e. The number of carbonyl (C=O) groups is 2. The van der Waals surface area contributed by atoms with Crippen LogP contribution in [0.25, 0.3) is 0 Å². The average Bonchev–Trinajstić information content (AvgIpc) is 2.44. The molecule has 0 aliphatic heterocycles. The molecule has 6 nitrogen and oxygen atoms in total. The highest BCUT2D eigenvalue weighted by atomic mass is 35.5. The van der Waals surface area contributed by atoms with Crippen LogP contribution < -0.4 is 15.8 Å².